The minimum absolute atomic E-state index is 0. The molecule has 0 bridgehead atoms. The number of hydrogen-bond donors (Lipinski definition) is 2. The Kier molecular flexibility index (Phi) is 6.30. The SMILES string of the molecule is COc1ccc(C(NC(=O)C(C)CN)C2CC2)cc1.Cl. The lowest BCUT2D eigenvalue weighted by atomic mass is 10.0. The highest BCUT2D eigenvalue weighted by molar-refractivity contribution is 5.85. The van der Waals surface area contributed by atoms with E-state index in [1.54, 1.807) is 7.11 Å². The molecule has 5 heteroatoms. The Morgan fingerprint density at radius 2 is 2.00 bits per heavy atom. The zero-order valence-electron chi connectivity index (χ0n) is 12.0. The van der Waals surface area contributed by atoms with Gasteiger partial charge in [0.05, 0.1) is 13.2 Å². The molecule has 1 aromatic rings. The second-order valence-corrected chi connectivity index (χ2v) is 5.23. The molecule has 3 N–H and O–H groups in total. The number of carbonyl (C=O) groups is 1. The van der Waals surface area contributed by atoms with E-state index in [-0.39, 0.29) is 30.3 Å². The molecule has 0 aromatic heterocycles. The van der Waals surface area contributed by atoms with Gasteiger partial charge in [-0.1, -0.05) is 19.1 Å². The number of hydrogen-bond acceptors (Lipinski definition) is 3. The Bertz CT molecular complexity index is 432. The largest absolute Gasteiger partial charge is 0.497 e. The van der Waals surface area contributed by atoms with Crippen LogP contribution in [0.5, 0.6) is 5.75 Å². The average molecular weight is 299 g/mol. The first kappa shape index (κ1) is 16.8. The minimum atomic E-state index is -0.139. The van der Waals surface area contributed by atoms with E-state index in [1.165, 1.54) is 12.8 Å². The second kappa shape index (κ2) is 7.50. The van der Waals surface area contributed by atoms with Crippen molar-refractivity contribution >= 4 is 18.3 Å². The minimum Gasteiger partial charge on any atom is -0.497 e. The molecule has 1 aliphatic carbocycles. The molecule has 1 fully saturated rings. The molecular formula is C15H23ClN2O2. The number of benzene rings is 1. The summed E-state index contributed by atoms with van der Waals surface area (Å²) in [6.07, 6.45) is 2.35. The monoisotopic (exact) mass is 298 g/mol. The van der Waals surface area contributed by atoms with Gasteiger partial charge in [-0.3, -0.25) is 4.79 Å². The number of methoxy groups -OCH3 is 1. The maximum atomic E-state index is 12.0. The molecule has 0 heterocycles. The van der Waals surface area contributed by atoms with Crippen molar-refractivity contribution in [3.8, 4) is 5.75 Å². The second-order valence-electron chi connectivity index (χ2n) is 5.23. The summed E-state index contributed by atoms with van der Waals surface area (Å²) in [5, 5.41) is 3.12. The van der Waals surface area contributed by atoms with E-state index in [2.05, 4.69) is 5.32 Å². The van der Waals surface area contributed by atoms with E-state index in [9.17, 15) is 4.79 Å². The predicted octanol–water partition coefficient (Wildman–Crippen LogP) is 2.28. The van der Waals surface area contributed by atoms with Crippen molar-refractivity contribution in [3.05, 3.63) is 29.8 Å². The summed E-state index contributed by atoms with van der Waals surface area (Å²) in [6.45, 7) is 2.24. The number of amides is 1. The summed E-state index contributed by atoms with van der Waals surface area (Å²) < 4.78 is 5.16. The van der Waals surface area contributed by atoms with Crippen LogP contribution in [-0.4, -0.2) is 19.6 Å². The maximum Gasteiger partial charge on any atom is 0.224 e. The van der Waals surface area contributed by atoms with Crippen LogP contribution in [0, 0.1) is 11.8 Å². The Morgan fingerprint density at radius 3 is 2.45 bits per heavy atom. The summed E-state index contributed by atoms with van der Waals surface area (Å²) in [6, 6.07) is 8.02. The van der Waals surface area contributed by atoms with E-state index in [1.807, 2.05) is 31.2 Å². The number of ether oxygens (including phenoxy) is 1. The van der Waals surface area contributed by atoms with Gasteiger partial charge in [0.25, 0.3) is 0 Å². The van der Waals surface area contributed by atoms with Crippen LogP contribution in [0.1, 0.15) is 31.4 Å². The van der Waals surface area contributed by atoms with Gasteiger partial charge in [-0.15, -0.1) is 12.4 Å². The summed E-state index contributed by atoms with van der Waals surface area (Å²) in [5.74, 6) is 1.29. The first-order valence-electron chi connectivity index (χ1n) is 6.80. The van der Waals surface area contributed by atoms with Crippen molar-refractivity contribution in [2.24, 2.45) is 17.6 Å². The number of rotatable bonds is 6. The van der Waals surface area contributed by atoms with E-state index in [0.29, 0.717) is 12.5 Å². The van der Waals surface area contributed by atoms with Crippen molar-refractivity contribution in [2.45, 2.75) is 25.8 Å². The van der Waals surface area contributed by atoms with Crippen LogP contribution in [0.4, 0.5) is 0 Å². The summed E-state index contributed by atoms with van der Waals surface area (Å²) in [5.41, 5.74) is 6.68. The van der Waals surface area contributed by atoms with Gasteiger partial charge in [-0.2, -0.15) is 0 Å². The van der Waals surface area contributed by atoms with E-state index in [4.69, 9.17) is 10.5 Å². The standard InChI is InChI=1S/C15H22N2O2.ClH/c1-10(9-16)15(18)17-14(11-3-4-11)12-5-7-13(19-2)8-6-12;/h5-8,10-11,14H,3-4,9,16H2,1-2H3,(H,17,18);1H. The molecule has 2 unspecified atom stereocenters. The van der Waals surface area contributed by atoms with Gasteiger partial charge in [-0.25, -0.2) is 0 Å². The van der Waals surface area contributed by atoms with Crippen molar-refractivity contribution in [2.75, 3.05) is 13.7 Å². The van der Waals surface area contributed by atoms with E-state index in [0.717, 1.165) is 11.3 Å². The van der Waals surface area contributed by atoms with Gasteiger partial charge in [-0.05, 0) is 36.5 Å². The molecule has 4 nitrogen and oxygen atoms in total. The quantitative estimate of drug-likeness (QED) is 0.847. The third-order valence-electron chi connectivity index (χ3n) is 3.67. The lowest BCUT2D eigenvalue weighted by Gasteiger charge is -2.21. The van der Waals surface area contributed by atoms with Gasteiger partial charge < -0.3 is 15.8 Å². The molecule has 0 spiro atoms. The molecule has 1 saturated carbocycles. The molecule has 0 saturated heterocycles. The predicted molar refractivity (Wildman–Crippen MR) is 82.1 cm³/mol. The van der Waals surface area contributed by atoms with Crippen LogP contribution < -0.4 is 15.8 Å². The highest BCUT2D eigenvalue weighted by atomic mass is 35.5. The van der Waals surface area contributed by atoms with Gasteiger partial charge in [0.2, 0.25) is 5.91 Å². The normalized spacial score (nSPS) is 16.8. The average Bonchev–Trinajstić information content (AvgIpc) is 3.28. The molecule has 2 atom stereocenters. The first-order chi connectivity index (χ1) is 9.15. The van der Waals surface area contributed by atoms with Crippen LogP contribution in [0.3, 0.4) is 0 Å². The highest BCUT2D eigenvalue weighted by Crippen LogP contribution is 2.41. The molecule has 1 amide bonds. The summed E-state index contributed by atoms with van der Waals surface area (Å²) in [7, 11) is 1.65. The zero-order valence-corrected chi connectivity index (χ0v) is 12.8. The van der Waals surface area contributed by atoms with Gasteiger partial charge in [0, 0.05) is 12.5 Å². The highest BCUT2D eigenvalue weighted by Gasteiger charge is 2.33. The van der Waals surface area contributed by atoms with Crippen LogP contribution in [0.15, 0.2) is 24.3 Å². The van der Waals surface area contributed by atoms with Crippen LogP contribution in [0.2, 0.25) is 0 Å². The number of nitrogens with two attached hydrogens (primary N) is 1. The molecule has 0 radical (unpaired) electrons. The lowest BCUT2D eigenvalue weighted by molar-refractivity contribution is -0.125. The fourth-order valence-electron chi connectivity index (χ4n) is 2.12. The van der Waals surface area contributed by atoms with Crippen LogP contribution in [-0.2, 0) is 4.79 Å². The molecule has 20 heavy (non-hydrogen) atoms. The first-order valence-corrected chi connectivity index (χ1v) is 6.80. The fraction of sp³-hybridized carbons (Fsp3) is 0.533. The Hall–Kier alpha value is -1.26. The third-order valence-corrected chi connectivity index (χ3v) is 3.67. The van der Waals surface area contributed by atoms with Gasteiger partial charge >= 0.3 is 0 Å². The molecule has 2 rings (SSSR count). The maximum absolute atomic E-state index is 12.0. The number of carbonyl (C=O) groups excluding carboxylic acids is 1. The fourth-order valence-corrected chi connectivity index (χ4v) is 2.12. The van der Waals surface area contributed by atoms with Crippen molar-refractivity contribution < 1.29 is 9.53 Å². The van der Waals surface area contributed by atoms with Crippen molar-refractivity contribution in [1.29, 1.82) is 0 Å². The number of halogens is 1. The Labute approximate surface area is 126 Å². The van der Waals surface area contributed by atoms with Gasteiger partial charge in [0.1, 0.15) is 5.75 Å². The Morgan fingerprint density at radius 1 is 1.40 bits per heavy atom. The molecule has 112 valence electrons. The van der Waals surface area contributed by atoms with Gasteiger partial charge in [0.15, 0.2) is 0 Å². The van der Waals surface area contributed by atoms with Crippen molar-refractivity contribution in [1.82, 2.24) is 5.32 Å². The molecule has 1 aromatic carbocycles. The van der Waals surface area contributed by atoms with E-state index >= 15 is 0 Å². The summed E-state index contributed by atoms with van der Waals surface area (Å²) in [4.78, 5) is 12.0. The number of nitrogens with one attached hydrogen (secondary N) is 1. The van der Waals surface area contributed by atoms with E-state index < -0.39 is 0 Å². The summed E-state index contributed by atoms with van der Waals surface area (Å²) >= 11 is 0. The van der Waals surface area contributed by atoms with Crippen LogP contribution in [0.25, 0.3) is 0 Å². The van der Waals surface area contributed by atoms with Crippen LogP contribution >= 0.6 is 12.4 Å². The topological polar surface area (TPSA) is 64.3 Å². The lowest BCUT2D eigenvalue weighted by Crippen LogP contribution is -2.36. The Balaban J connectivity index is 0.00000200. The smallest absolute Gasteiger partial charge is 0.224 e. The zero-order chi connectivity index (χ0) is 13.8. The van der Waals surface area contributed by atoms with Crippen molar-refractivity contribution in [3.63, 3.8) is 0 Å². The molecule has 1 aliphatic rings. The molecular weight excluding hydrogens is 276 g/mol. The molecule has 0 aliphatic heterocycles. The third kappa shape index (κ3) is 4.12.